The van der Waals surface area contributed by atoms with Crippen LogP contribution in [0.25, 0.3) is 0 Å². The second-order valence-corrected chi connectivity index (χ2v) is 10.9. The molecule has 6 aliphatic rings. The van der Waals surface area contributed by atoms with Crippen LogP contribution in [0.3, 0.4) is 0 Å². The van der Waals surface area contributed by atoms with Gasteiger partial charge in [-0.15, -0.1) is 0 Å². The summed E-state index contributed by atoms with van der Waals surface area (Å²) in [5.41, 5.74) is -8.67. The van der Waals surface area contributed by atoms with Gasteiger partial charge < -0.3 is 90.0 Å². The monoisotopic (exact) mass is 871 g/mol. The Hall–Kier alpha value is -2.02. The molecule has 0 amide bonds. The van der Waals surface area contributed by atoms with Crippen LogP contribution in [0.1, 0.15) is 77.0 Å². The Labute approximate surface area is 278 Å². The van der Waals surface area contributed by atoms with Crippen LogP contribution >= 0.6 is 0 Å². The Morgan fingerprint density at radius 1 is 0.318 bits per heavy atom. The van der Waals surface area contributed by atoms with Gasteiger partial charge in [-0.2, -0.15) is 0 Å². The standard InChI is InChI=1S/6C4H6O3.Bi.Fe/c6*5-3(6)4(7)1-2-4;;/h6*7H,1-2H2,(H,5,6);;/q;;;;;;2*+3/p-6. The molecule has 0 aromatic carbocycles. The minimum Gasteiger partial charge on any atom is -0.547 e. The molecule has 6 N–H and O–H groups in total. The Kier molecular flexibility index (Phi) is 16.0. The van der Waals surface area contributed by atoms with Crippen molar-refractivity contribution >= 4 is 62.0 Å². The van der Waals surface area contributed by atoms with Crippen molar-refractivity contribution in [2.24, 2.45) is 0 Å². The fraction of sp³-hybridized carbons (Fsp3) is 0.750. The largest absolute Gasteiger partial charge is 3.00 e. The van der Waals surface area contributed by atoms with Gasteiger partial charge in [0.05, 0.1) is 35.8 Å². The van der Waals surface area contributed by atoms with E-state index in [1.54, 1.807) is 0 Å². The van der Waals surface area contributed by atoms with E-state index in [1.807, 2.05) is 0 Å². The number of rotatable bonds is 6. The zero-order valence-electron chi connectivity index (χ0n) is 22.9. The summed E-state index contributed by atoms with van der Waals surface area (Å²) < 4.78 is 0. The quantitative estimate of drug-likeness (QED) is 0.135. The second-order valence-electron chi connectivity index (χ2n) is 10.9. The minimum atomic E-state index is -1.44. The third kappa shape index (κ3) is 14.8. The van der Waals surface area contributed by atoms with Crippen molar-refractivity contribution in [3.8, 4) is 0 Å². The van der Waals surface area contributed by atoms with Gasteiger partial charge in [-0.25, -0.2) is 0 Å². The number of carboxylic acids is 6. The first kappa shape index (κ1) is 44.1. The van der Waals surface area contributed by atoms with E-state index in [0.717, 1.165) is 0 Å². The number of aliphatic hydroxyl groups is 6. The van der Waals surface area contributed by atoms with Gasteiger partial charge in [0.25, 0.3) is 0 Å². The molecule has 247 valence electrons. The van der Waals surface area contributed by atoms with Crippen molar-refractivity contribution < 1.29 is 107 Å². The third-order valence-corrected chi connectivity index (χ3v) is 6.62. The SMILES string of the molecule is O=C([O-])C1(O)CC1.O=C([O-])C1(O)CC1.O=C([O-])C1(O)CC1.O=C([O-])C1(O)CC1.O=C([O-])C1(O)CC1.O=C([O-])C1(O)CC1.[Bi+3].[Fe+3]. The van der Waals surface area contributed by atoms with E-state index in [2.05, 4.69) is 0 Å². The molecule has 0 atom stereocenters. The van der Waals surface area contributed by atoms with E-state index in [9.17, 15) is 59.4 Å². The molecule has 6 rings (SSSR count). The van der Waals surface area contributed by atoms with E-state index in [-0.39, 0.29) is 43.3 Å². The van der Waals surface area contributed by atoms with Crippen molar-refractivity contribution in [2.45, 2.75) is 111 Å². The Bertz CT molecular complexity index is 852. The Morgan fingerprint density at radius 2 is 0.386 bits per heavy atom. The first-order valence-corrected chi connectivity index (χ1v) is 12.5. The number of carbonyl (C=O) groups excluding carboxylic acids is 6. The maximum atomic E-state index is 9.72. The number of carbonyl (C=O) groups is 6. The zero-order valence-corrected chi connectivity index (χ0v) is 27.4. The summed E-state index contributed by atoms with van der Waals surface area (Å²) in [5.74, 6) is -8.04. The average Bonchev–Trinajstić information content (AvgIpc) is 3.70. The van der Waals surface area contributed by atoms with E-state index < -0.39 is 69.4 Å². The average molecular weight is 871 g/mol. The fourth-order valence-electron chi connectivity index (χ4n) is 1.94. The number of hydrogen-bond donors (Lipinski definition) is 6. The summed E-state index contributed by atoms with van der Waals surface area (Å²) in [6.07, 6.45) is 4.28. The molecule has 0 saturated heterocycles. The molecule has 0 unspecified atom stereocenters. The molecule has 6 aliphatic carbocycles. The van der Waals surface area contributed by atoms with Crippen molar-refractivity contribution in [2.75, 3.05) is 0 Å². The summed E-state index contributed by atoms with van der Waals surface area (Å²) in [7, 11) is 0. The third-order valence-electron chi connectivity index (χ3n) is 6.62. The van der Waals surface area contributed by atoms with Crippen LogP contribution in [-0.2, 0) is 45.8 Å². The van der Waals surface area contributed by atoms with Crippen LogP contribution in [-0.4, -0.2) is 126 Å². The molecule has 3 radical (unpaired) electrons. The fourth-order valence-corrected chi connectivity index (χ4v) is 1.94. The summed E-state index contributed by atoms with van der Waals surface area (Å²) in [6, 6.07) is 0. The predicted octanol–water partition coefficient (Wildman–Crippen LogP) is -10.8. The van der Waals surface area contributed by atoms with E-state index in [0.29, 0.717) is 77.0 Å². The van der Waals surface area contributed by atoms with Gasteiger partial charge in [0.2, 0.25) is 0 Å². The molecule has 0 heterocycles. The molecular formula is C24H30BiFeO18. The van der Waals surface area contributed by atoms with Crippen molar-refractivity contribution in [1.82, 2.24) is 0 Å². The van der Waals surface area contributed by atoms with Gasteiger partial charge >= 0.3 is 43.3 Å². The smallest absolute Gasteiger partial charge is 0.547 e. The first-order valence-electron chi connectivity index (χ1n) is 12.5. The van der Waals surface area contributed by atoms with Gasteiger partial charge in [0, 0.05) is 0 Å². The van der Waals surface area contributed by atoms with Crippen molar-refractivity contribution in [3.63, 3.8) is 0 Å². The molecule has 0 aromatic heterocycles. The summed E-state index contributed by atoms with van der Waals surface area (Å²) in [5, 5.41) is 110. The van der Waals surface area contributed by atoms with Gasteiger partial charge in [-0.1, -0.05) is 0 Å². The number of aliphatic carboxylic acids is 6. The molecular weight excluding hydrogens is 841 g/mol. The summed E-state index contributed by atoms with van der Waals surface area (Å²) in [4.78, 5) is 58.3. The van der Waals surface area contributed by atoms with Crippen molar-refractivity contribution in [3.05, 3.63) is 0 Å². The molecule has 18 nitrogen and oxygen atoms in total. The zero-order chi connectivity index (χ0) is 32.9. The van der Waals surface area contributed by atoms with Gasteiger partial charge in [-0.3, -0.25) is 0 Å². The van der Waals surface area contributed by atoms with E-state index in [1.165, 1.54) is 0 Å². The topological polar surface area (TPSA) is 362 Å². The molecule has 20 heteroatoms. The maximum Gasteiger partial charge on any atom is 3.00 e. The van der Waals surface area contributed by atoms with Crippen LogP contribution in [0, 0.1) is 0 Å². The second kappa shape index (κ2) is 16.0. The van der Waals surface area contributed by atoms with E-state index >= 15 is 0 Å². The summed E-state index contributed by atoms with van der Waals surface area (Å²) >= 11 is 0. The molecule has 0 aromatic rings. The molecule has 0 bridgehead atoms. The van der Waals surface area contributed by atoms with Crippen LogP contribution in [0.2, 0.25) is 0 Å². The Morgan fingerprint density at radius 3 is 0.386 bits per heavy atom. The maximum absolute atomic E-state index is 9.72. The van der Waals surface area contributed by atoms with Gasteiger partial charge in [0.1, 0.15) is 33.6 Å². The van der Waals surface area contributed by atoms with Crippen LogP contribution in [0.5, 0.6) is 0 Å². The molecule has 0 aliphatic heterocycles. The molecule has 6 fully saturated rings. The number of carboxylic acid groups (broad SMARTS) is 6. The van der Waals surface area contributed by atoms with Crippen molar-refractivity contribution in [1.29, 1.82) is 0 Å². The summed E-state index contributed by atoms with van der Waals surface area (Å²) in [6.45, 7) is 0. The van der Waals surface area contributed by atoms with E-state index in [4.69, 9.17) is 30.6 Å². The molecule has 6 saturated carbocycles. The van der Waals surface area contributed by atoms with Crippen LogP contribution in [0.4, 0.5) is 0 Å². The van der Waals surface area contributed by atoms with Crippen LogP contribution < -0.4 is 30.6 Å². The first-order chi connectivity index (χ1) is 18.9. The van der Waals surface area contributed by atoms with Gasteiger partial charge in [-0.05, 0) is 77.0 Å². The van der Waals surface area contributed by atoms with Gasteiger partial charge in [0.15, 0.2) is 0 Å². The molecule has 44 heavy (non-hydrogen) atoms. The normalized spacial score (nSPS) is 23.0. The Balaban J connectivity index is 0. The van der Waals surface area contributed by atoms with Crippen LogP contribution in [0.15, 0.2) is 0 Å². The predicted molar refractivity (Wildman–Crippen MR) is 121 cm³/mol. The minimum absolute atomic E-state index is 0. The number of hydrogen-bond acceptors (Lipinski definition) is 18. The molecule has 0 spiro atoms.